The van der Waals surface area contributed by atoms with E-state index in [1.807, 2.05) is 49.4 Å². The van der Waals surface area contributed by atoms with Gasteiger partial charge in [0.2, 0.25) is 11.8 Å². The fourth-order valence-corrected chi connectivity index (χ4v) is 6.85. The Morgan fingerprint density at radius 1 is 0.953 bits per heavy atom. The van der Waals surface area contributed by atoms with Gasteiger partial charge in [-0.25, -0.2) is 0 Å². The fraction of sp³-hybridized carbons (Fsp3) is 0.571. The summed E-state index contributed by atoms with van der Waals surface area (Å²) < 4.78 is 0. The lowest BCUT2D eigenvalue weighted by Crippen LogP contribution is -2.53. The highest BCUT2D eigenvalue weighted by molar-refractivity contribution is 5.99. The van der Waals surface area contributed by atoms with E-state index in [0.717, 1.165) is 61.8 Å². The van der Waals surface area contributed by atoms with E-state index in [9.17, 15) is 19.5 Å². The normalized spacial score (nSPS) is 20.1. The van der Waals surface area contributed by atoms with Crippen LogP contribution < -0.4 is 20.9 Å². The number of carbonyl (C=O) groups excluding carboxylic acids is 3. The molecule has 5 rings (SSSR count). The number of nitrogens with zero attached hydrogens (tertiary/aromatic N) is 1. The molecule has 0 bridgehead atoms. The summed E-state index contributed by atoms with van der Waals surface area (Å²) in [5.74, 6) is 0.159. The molecule has 8 heteroatoms. The quantitative estimate of drug-likeness (QED) is 0.290. The van der Waals surface area contributed by atoms with Crippen molar-refractivity contribution in [1.82, 2.24) is 16.0 Å². The average molecular weight is 589 g/mol. The molecule has 3 amide bonds. The number of rotatable bonds is 12. The van der Waals surface area contributed by atoms with Crippen LogP contribution in [0.15, 0.2) is 48.5 Å². The van der Waals surface area contributed by atoms with Crippen LogP contribution in [0.4, 0.5) is 5.69 Å². The first-order valence-electron chi connectivity index (χ1n) is 16.4. The smallest absolute Gasteiger partial charge is 0.251 e. The van der Waals surface area contributed by atoms with Gasteiger partial charge in [0.1, 0.15) is 0 Å². The second kappa shape index (κ2) is 15.0. The zero-order valence-electron chi connectivity index (χ0n) is 25.5. The van der Waals surface area contributed by atoms with Gasteiger partial charge >= 0.3 is 0 Å². The molecule has 43 heavy (non-hydrogen) atoms. The van der Waals surface area contributed by atoms with Gasteiger partial charge in [0.05, 0.1) is 18.2 Å². The standard InChI is InChI=1S/C35H48N4O4/c1-24(34(42)37-29-15-6-3-7-16-29)36-23-32(40)31(19-25-11-4-2-5-12-25)38-35(43)28-20-27(26-13-8-9-14-26)21-30(22-28)39-18-10-17-33(39)41/h2,4-5,11-12,20-22,24,26,29,31-32,36,40H,3,6-10,13-19,23H2,1H3,(H,37,42)(H,38,43)/t24-,31-,32-/m0/s1. The average Bonchev–Trinajstić information content (AvgIpc) is 3.72. The van der Waals surface area contributed by atoms with Crippen molar-refractivity contribution in [2.24, 2.45) is 0 Å². The van der Waals surface area contributed by atoms with Gasteiger partial charge < -0.3 is 26.0 Å². The molecular formula is C35H48N4O4. The molecule has 0 spiro atoms. The Bertz CT molecular complexity index is 1240. The van der Waals surface area contributed by atoms with Crippen molar-refractivity contribution in [2.75, 3.05) is 18.0 Å². The topological polar surface area (TPSA) is 111 Å². The van der Waals surface area contributed by atoms with Crippen LogP contribution in [0.5, 0.6) is 0 Å². The maximum atomic E-state index is 13.8. The van der Waals surface area contributed by atoms with Crippen LogP contribution in [0.1, 0.15) is 105 Å². The van der Waals surface area contributed by atoms with Crippen LogP contribution in [0.3, 0.4) is 0 Å². The predicted molar refractivity (Wildman–Crippen MR) is 169 cm³/mol. The van der Waals surface area contributed by atoms with Crippen molar-refractivity contribution in [3.05, 3.63) is 65.2 Å². The molecular weight excluding hydrogens is 540 g/mol. The van der Waals surface area contributed by atoms with Gasteiger partial charge in [-0.1, -0.05) is 62.4 Å². The molecule has 2 aromatic rings. The molecule has 8 nitrogen and oxygen atoms in total. The third-order valence-electron chi connectivity index (χ3n) is 9.47. The van der Waals surface area contributed by atoms with E-state index in [1.165, 1.54) is 19.3 Å². The Morgan fingerprint density at radius 2 is 1.67 bits per heavy atom. The van der Waals surface area contributed by atoms with E-state index < -0.39 is 18.2 Å². The molecule has 2 aromatic carbocycles. The van der Waals surface area contributed by atoms with E-state index in [4.69, 9.17) is 0 Å². The molecule has 0 radical (unpaired) electrons. The van der Waals surface area contributed by atoms with Crippen molar-refractivity contribution >= 4 is 23.4 Å². The molecule has 2 saturated carbocycles. The maximum Gasteiger partial charge on any atom is 0.251 e. The van der Waals surface area contributed by atoms with Crippen LogP contribution in [-0.4, -0.2) is 60.1 Å². The van der Waals surface area contributed by atoms with Crippen molar-refractivity contribution in [1.29, 1.82) is 0 Å². The van der Waals surface area contributed by atoms with E-state index in [2.05, 4.69) is 22.0 Å². The lowest BCUT2D eigenvalue weighted by atomic mass is 9.94. The van der Waals surface area contributed by atoms with Gasteiger partial charge in [-0.3, -0.25) is 14.4 Å². The minimum atomic E-state index is -0.924. The summed E-state index contributed by atoms with van der Waals surface area (Å²) >= 11 is 0. The molecule has 4 N–H and O–H groups in total. The molecule has 1 saturated heterocycles. The summed E-state index contributed by atoms with van der Waals surface area (Å²) in [6.45, 7) is 2.64. The molecule has 0 unspecified atom stereocenters. The third kappa shape index (κ3) is 8.45. The molecule has 3 fully saturated rings. The summed E-state index contributed by atoms with van der Waals surface area (Å²) in [5, 5.41) is 20.8. The van der Waals surface area contributed by atoms with Crippen molar-refractivity contribution in [3.63, 3.8) is 0 Å². The van der Waals surface area contributed by atoms with Gasteiger partial charge in [0.25, 0.3) is 5.91 Å². The zero-order chi connectivity index (χ0) is 30.2. The number of hydrogen-bond acceptors (Lipinski definition) is 5. The SMILES string of the molecule is C[C@H](NC[C@H](O)[C@H](Cc1ccccc1)NC(=O)c1cc(C2CCCC2)cc(N2CCCC2=O)c1)C(=O)NC1CCCCC1. The first kappa shape index (κ1) is 31.2. The van der Waals surface area contributed by atoms with Crippen LogP contribution in [0.2, 0.25) is 0 Å². The Labute approximate surface area is 256 Å². The van der Waals surface area contributed by atoms with Crippen LogP contribution in [0.25, 0.3) is 0 Å². The van der Waals surface area contributed by atoms with Gasteiger partial charge in [0, 0.05) is 36.8 Å². The summed E-state index contributed by atoms with van der Waals surface area (Å²) in [5.41, 5.74) is 3.41. The van der Waals surface area contributed by atoms with Gasteiger partial charge in [0.15, 0.2) is 0 Å². The highest BCUT2D eigenvalue weighted by Gasteiger charge is 2.28. The minimum absolute atomic E-state index is 0.0598. The van der Waals surface area contributed by atoms with E-state index in [-0.39, 0.29) is 30.3 Å². The molecule has 1 aliphatic heterocycles. The highest BCUT2D eigenvalue weighted by atomic mass is 16.3. The van der Waals surface area contributed by atoms with E-state index in [0.29, 0.717) is 30.9 Å². The first-order valence-corrected chi connectivity index (χ1v) is 16.4. The number of nitrogens with one attached hydrogen (secondary N) is 3. The Morgan fingerprint density at radius 3 is 2.37 bits per heavy atom. The maximum absolute atomic E-state index is 13.8. The monoisotopic (exact) mass is 588 g/mol. The Hall–Kier alpha value is -3.23. The predicted octanol–water partition coefficient (Wildman–Crippen LogP) is 4.60. The number of aliphatic hydroxyl groups excluding tert-OH is 1. The minimum Gasteiger partial charge on any atom is -0.390 e. The highest BCUT2D eigenvalue weighted by Crippen LogP contribution is 2.37. The molecule has 0 aromatic heterocycles. The van der Waals surface area contributed by atoms with Crippen LogP contribution in [0, 0.1) is 0 Å². The summed E-state index contributed by atoms with van der Waals surface area (Å²) in [6, 6.07) is 14.9. The van der Waals surface area contributed by atoms with Gasteiger partial charge in [-0.15, -0.1) is 0 Å². The van der Waals surface area contributed by atoms with Gasteiger partial charge in [-0.2, -0.15) is 0 Å². The van der Waals surface area contributed by atoms with E-state index in [1.54, 1.807) is 4.90 Å². The first-order chi connectivity index (χ1) is 20.9. The summed E-state index contributed by atoms with van der Waals surface area (Å²) in [6.07, 6.45) is 10.9. The van der Waals surface area contributed by atoms with Crippen molar-refractivity contribution in [2.45, 2.75) is 114 Å². The Balaban J connectivity index is 1.29. The molecule has 2 aliphatic carbocycles. The number of carbonyl (C=O) groups is 3. The number of hydrogen-bond donors (Lipinski definition) is 4. The Kier molecular flexibility index (Phi) is 10.9. The second-order valence-corrected chi connectivity index (χ2v) is 12.8. The number of benzene rings is 2. The second-order valence-electron chi connectivity index (χ2n) is 12.8. The molecule has 1 heterocycles. The zero-order valence-corrected chi connectivity index (χ0v) is 25.5. The van der Waals surface area contributed by atoms with Crippen molar-refractivity contribution < 1.29 is 19.5 Å². The summed E-state index contributed by atoms with van der Waals surface area (Å²) in [7, 11) is 0. The molecule has 3 atom stereocenters. The number of aliphatic hydroxyl groups is 1. The molecule has 232 valence electrons. The van der Waals surface area contributed by atoms with Crippen LogP contribution in [-0.2, 0) is 16.0 Å². The largest absolute Gasteiger partial charge is 0.390 e. The lowest BCUT2D eigenvalue weighted by molar-refractivity contribution is -0.123. The van der Waals surface area contributed by atoms with Gasteiger partial charge in [-0.05, 0) is 80.7 Å². The van der Waals surface area contributed by atoms with Crippen LogP contribution >= 0.6 is 0 Å². The third-order valence-corrected chi connectivity index (χ3v) is 9.47. The lowest BCUT2D eigenvalue weighted by Gasteiger charge is -2.28. The van der Waals surface area contributed by atoms with Crippen molar-refractivity contribution in [3.8, 4) is 0 Å². The molecule has 3 aliphatic rings. The summed E-state index contributed by atoms with van der Waals surface area (Å²) in [4.78, 5) is 41.0. The number of amides is 3. The number of anilines is 1. The fourth-order valence-electron chi connectivity index (χ4n) is 6.85. The van der Waals surface area contributed by atoms with E-state index >= 15 is 0 Å².